The molecule has 1 aliphatic heterocycles. The van der Waals surface area contributed by atoms with Crippen LogP contribution in [0.25, 0.3) is 16.6 Å². The van der Waals surface area contributed by atoms with Gasteiger partial charge in [-0.2, -0.15) is 0 Å². The summed E-state index contributed by atoms with van der Waals surface area (Å²) in [6, 6.07) is 6.69. The number of fused-ring (bicyclic) bond motifs is 1. The van der Waals surface area contributed by atoms with Crippen molar-refractivity contribution in [1.29, 1.82) is 0 Å². The molecule has 2 aliphatic rings. The van der Waals surface area contributed by atoms with Crippen LogP contribution in [-0.2, 0) is 4.74 Å². The van der Waals surface area contributed by atoms with E-state index in [1.807, 2.05) is 12.4 Å². The van der Waals surface area contributed by atoms with E-state index < -0.39 is 0 Å². The van der Waals surface area contributed by atoms with Crippen LogP contribution in [0.5, 0.6) is 0 Å². The van der Waals surface area contributed by atoms with Gasteiger partial charge in [0.2, 0.25) is 5.95 Å². The van der Waals surface area contributed by atoms with Crippen molar-refractivity contribution in [2.75, 3.05) is 37.0 Å². The molecule has 0 bridgehead atoms. The summed E-state index contributed by atoms with van der Waals surface area (Å²) in [6.45, 7) is 4.78. The highest BCUT2D eigenvalue weighted by atomic mass is 16.5. The second kappa shape index (κ2) is 10.3. The molecule has 0 unspecified atom stereocenters. The molecule has 8 heteroatoms. The van der Waals surface area contributed by atoms with Gasteiger partial charge in [-0.3, -0.25) is 0 Å². The maximum absolute atomic E-state index is 10.1. The van der Waals surface area contributed by atoms with Crippen molar-refractivity contribution in [1.82, 2.24) is 19.6 Å². The van der Waals surface area contributed by atoms with E-state index in [-0.39, 0.29) is 12.1 Å². The van der Waals surface area contributed by atoms with E-state index in [0.717, 1.165) is 61.2 Å². The van der Waals surface area contributed by atoms with Crippen LogP contribution in [0.4, 0.5) is 11.8 Å². The van der Waals surface area contributed by atoms with Crippen LogP contribution in [0.1, 0.15) is 63.5 Å². The maximum Gasteiger partial charge on any atom is 0.241 e. The van der Waals surface area contributed by atoms with Crippen molar-refractivity contribution in [3.8, 4) is 11.1 Å². The number of hydrogen-bond acceptors (Lipinski definition) is 7. The summed E-state index contributed by atoms with van der Waals surface area (Å²) in [5, 5.41) is 18.3. The van der Waals surface area contributed by atoms with Gasteiger partial charge < -0.3 is 20.1 Å². The van der Waals surface area contributed by atoms with E-state index in [1.54, 1.807) is 7.11 Å². The smallest absolute Gasteiger partial charge is 0.241 e. The average molecular weight is 465 g/mol. The van der Waals surface area contributed by atoms with Gasteiger partial charge >= 0.3 is 0 Å². The van der Waals surface area contributed by atoms with E-state index in [1.165, 1.54) is 25.0 Å². The summed E-state index contributed by atoms with van der Waals surface area (Å²) in [5.74, 6) is 2.01. The third kappa shape index (κ3) is 4.88. The predicted molar refractivity (Wildman–Crippen MR) is 134 cm³/mol. The van der Waals surface area contributed by atoms with Crippen molar-refractivity contribution in [3.63, 3.8) is 0 Å². The zero-order chi connectivity index (χ0) is 23.5. The number of nitrogens with zero attached hydrogens (tertiary/aromatic N) is 5. The Kier molecular flexibility index (Phi) is 6.97. The first-order valence-corrected chi connectivity index (χ1v) is 12.7. The molecule has 2 fully saturated rings. The molecule has 4 heterocycles. The molecule has 182 valence electrons. The first-order chi connectivity index (χ1) is 16.6. The Morgan fingerprint density at radius 1 is 1.12 bits per heavy atom. The maximum atomic E-state index is 10.1. The van der Waals surface area contributed by atoms with Gasteiger partial charge in [0.05, 0.1) is 24.4 Å². The summed E-state index contributed by atoms with van der Waals surface area (Å²) in [4.78, 5) is 11.7. The average Bonchev–Trinajstić information content (AvgIpc) is 3.24. The summed E-state index contributed by atoms with van der Waals surface area (Å²) in [5.41, 5.74) is 4.48. The molecule has 0 amide bonds. The van der Waals surface area contributed by atoms with Crippen molar-refractivity contribution in [2.24, 2.45) is 0 Å². The molecule has 0 spiro atoms. The lowest BCUT2D eigenvalue weighted by atomic mass is 9.85. The molecule has 1 aliphatic carbocycles. The highest BCUT2D eigenvalue weighted by Gasteiger charge is 2.26. The van der Waals surface area contributed by atoms with E-state index >= 15 is 0 Å². The molecule has 3 aromatic heterocycles. The number of pyridine rings is 1. The normalized spacial score (nSPS) is 22.1. The molecule has 3 aromatic rings. The molecule has 0 aromatic carbocycles. The number of piperidine rings is 1. The van der Waals surface area contributed by atoms with E-state index in [9.17, 15) is 5.11 Å². The van der Waals surface area contributed by atoms with Crippen molar-refractivity contribution < 1.29 is 9.84 Å². The third-order valence-electron chi connectivity index (χ3n) is 7.19. The summed E-state index contributed by atoms with van der Waals surface area (Å²) in [7, 11) is 1.70. The Morgan fingerprint density at radius 2 is 1.91 bits per heavy atom. The molecule has 1 saturated carbocycles. The summed E-state index contributed by atoms with van der Waals surface area (Å²) >= 11 is 0. The molecular weight excluding hydrogens is 428 g/mol. The van der Waals surface area contributed by atoms with E-state index in [2.05, 4.69) is 49.8 Å². The van der Waals surface area contributed by atoms with Crippen molar-refractivity contribution >= 4 is 17.3 Å². The number of rotatable bonds is 7. The topological polar surface area (TPSA) is 87.8 Å². The van der Waals surface area contributed by atoms with Gasteiger partial charge in [-0.15, -0.1) is 5.10 Å². The molecule has 8 nitrogen and oxygen atoms in total. The van der Waals surface area contributed by atoms with Gasteiger partial charge in [-0.25, -0.2) is 14.5 Å². The Hall–Kier alpha value is -2.71. The third-order valence-corrected chi connectivity index (χ3v) is 7.19. The predicted octanol–water partition coefficient (Wildman–Crippen LogP) is 4.25. The molecule has 5 rings (SSSR count). The minimum Gasteiger partial charge on any atom is -0.393 e. The lowest BCUT2D eigenvalue weighted by molar-refractivity contribution is 0.121. The fourth-order valence-electron chi connectivity index (χ4n) is 5.37. The van der Waals surface area contributed by atoms with Gasteiger partial charge in [0.15, 0.2) is 0 Å². The lowest BCUT2D eigenvalue weighted by Crippen LogP contribution is -2.30. The van der Waals surface area contributed by atoms with Crippen LogP contribution in [0.15, 0.2) is 30.6 Å². The van der Waals surface area contributed by atoms with Gasteiger partial charge in [0.1, 0.15) is 5.82 Å². The summed E-state index contributed by atoms with van der Waals surface area (Å²) < 4.78 is 7.32. The first-order valence-electron chi connectivity index (χ1n) is 12.7. The zero-order valence-corrected chi connectivity index (χ0v) is 20.3. The van der Waals surface area contributed by atoms with E-state index in [4.69, 9.17) is 9.84 Å². The molecule has 0 radical (unpaired) electrons. The zero-order valence-electron chi connectivity index (χ0n) is 20.3. The second-order valence-electron chi connectivity index (χ2n) is 9.82. The fourth-order valence-corrected chi connectivity index (χ4v) is 5.37. The van der Waals surface area contributed by atoms with Crippen molar-refractivity contribution in [2.45, 2.75) is 69.9 Å². The summed E-state index contributed by atoms with van der Waals surface area (Å²) in [6.07, 6.45) is 11.0. The minimum absolute atomic E-state index is 0.109. The standard InChI is InChI=1S/C26H36N6O2/c1-18(17-34-2)29-26-28-16-24-22(15-23(32(24)30-26)19-6-8-21(33)9-7-19)20-10-11-27-25(14-20)31-12-4-3-5-13-31/h10-11,14-16,18-19,21,33H,3-9,12-13,17H2,1-2H3,(H,29,30)/t18-,19?,21?/m0/s1. The molecule has 34 heavy (non-hydrogen) atoms. The highest BCUT2D eigenvalue weighted by molar-refractivity contribution is 5.82. The van der Waals surface area contributed by atoms with E-state index in [0.29, 0.717) is 18.5 Å². The van der Waals surface area contributed by atoms with Crippen LogP contribution in [0.3, 0.4) is 0 Å². The second-order valence-corrected chi connectivity index (χ2v) is 9.82. The number of aliphatic hydroxyl groups is 1. The monoisotopic (exact) mass is 464 g/mol. The Bertz CT molecular complexity index is 1100. The van der Waals surface area contributed by atoms with Crippen LogP contribution < -0.4 is 10.2 Å². The first kappa shape index (κ1) is 23.1. The lowest BCUT2D eigenvalue weighted by Gasteiger charge is -2.27. The number of methoxy groups -OCH3 is 1. The van der Waals surface area contributed by atoms with Gasteiger partial charge in [0.25, 0.3) is 0 Å². The number of aromatic nitrogens is 4. The number of ether oxygens (including phenoxy) is 1. The van der Waals surface area contributed by atoms with Crippen LogP contribution in [0.2, 0.25) is 0 Å². The SMILES string of the molecule is COC[C@H](C)Nc1ncc2c(-c3ccnc(N4CCCCC4)c3)cc(C3CCC(O)CC3)n2n1. The van der Waals surface area contributed by atoms with Crippen LogP contribution in [-0.4, -0.2) is 63.6 Å². The van der Waals surface area contributed by atoms with Crippen molar-refractivity contribution in [3.05, 3.63) is 36.3 Å². The highest BCUT2D eigenvalue weighted by Crippen LogP contribution is 2.38. The Balaban J connectivity index is 1.54. The Morgan fingerprint density at radius 3 is 2.68 bits per heavy atom. The quantitative estimate of drug-likeness (QED) is 0.540. The van der Waals surface area contributed by atoms with Gasteiger partial charge in [-0.1, -0.05) is 0 Å². The van der Waals surface area contributed by atoms with Gasteiger partial charge in [-0.05, 0) is 75.6 Å². The number of anilines is 2. The molecular formula is C26H36N6O2. The fraction of sp³-hybridized carbons (Fsp3) is 0.577. The number of nitrogens with one attached hydrogen (secondary N) is 1. The minimum atomic E-state index is -0.184. The number of aliphatic hydroxyl groups excluding tert-OH is 1. The molecule has 2 N–H and O–H groups in total. The van der Waals surface area contributed by atoms with Crippen LogP contribution in [0, 0.1) is 0 Å². The molecule has 1 atom stereocenters. The molecule has 1 saturated heterocycles. The van der Waals surface area contributed by atoms with Crippen LogP contribution >= 0.6 is 0 Å². The van der Waals surface area contributed by atoms with Gasteiger partial charge in [0, 0.05) is 49.6 Å². The number of hydrogen-bond donors (Lipinski definition) is 2. The Labute approximate surface area is 201 Å². The largest absolute Gasteiger partial charge is 0.393 e.